The number of hydrogen-bond donors (Lipinski definition) is 0. The molecule has 2 amide bonds. The number of carbonyl (C=O) groups excluding carboxylic acids is 3. The summed E-state index contributed by atoms with van der Waals surface area (Å²) in [5.41, 5.74) is 1.03. The molecule has 1 aliphatic heterocycles. The fraction of sp³-hybridized carbons (Fsp3) is 0.357. The molecule has 1 heterocycles. The van der Waals surface area contributed by atoms with Gasteiger partial charge in [-0.1, -0.05) is 130 Å². The first-order valence-corrected chi connectivity index (χ1v) is 19.3. The third-order valence-electron chi connectivity index (χ3n) is 8.84. The normalized spacial score (nSPS) is 15.2. The Morgan fingerprint density at radius 2 is 1.43 bits per heavy atom. The monoisotopic (exact) mass is 708 g/mol. The zero-order valence-electron chi connectivity index (χ0n) is 31.1. The predicted molar refractivity (Wildman–Crippen MR) is 205 cm³/mol. The molecular weight excluding hydrogens is 657 g/mol. The quantitative estimate of drug-likeness (QED) is 0.0811. The summed E-state index contributed by atoms with van der Waals surface area (Å²) in [7, 11) is -1.62. The van der Waals surface area contributed by atoms with Crippen LogP contribution >= 0.6 is 0 Å². The Bertz CT molecular complexity index is 1670. The zero-order chi connectivity index (χ0) is 37.2. The van der Waals surface area contributed by atoms with E-state index in [1.54, 1.807) is 17.2 Å². The van der Waals surface area contributed by atoms with Gasteiger partial charge in [0.05, 0.1) is 25.3 Å². The van der Waals surface area contributed by atoms with Crippen LogP contribution in [0.4, 0.5) is 4.79 Å². The van der Waals surface area contributed by atoms with Gasteiger partial charge in [-0.15, -0.1) is 0 Å². The van der Waals surface area contributed by atoms with Crippen LogP contribution in [-0.2, 0) is 30.0 Å². The lowest BCUT2D eigenvalue weighted by molar-refractivity contribution is -0.135. The summed E-state index contributed by atoms with van der Waals surface area (Å²) in [6.07, 6.45) is 4.96. The molecule has 1 atom stereocenters. The molecule has 0 bridgehead atoms. The van der Waals surface area contributed by atoms with E-state index in [-0.39, 0.29) is 24.0 Å². The van der Waals surface area contributed by atoms with Gasteiger partial charge in [0.15, 0.2) is 0 Å². The number of rotatable bonds is 13. The molecule has 9 heteroatoms. The highest BCUT2D eigenvalue weighted by Crippen LogP contribution is 2.38. The molecule has 0 aromatic heterocycles. The van der Waals surface area contributed by atoms with E-state index >= 15 is 0 Å². The Balaban J connectivity index is 1.69. The van der Waals surface area contributed by atoms with Crippen molar-refractivity contribution in [2.24, 2.45) is 0 Å². The molecule has 0 saturated carbocycles. The Hall–Kier alpha value is -4.73. The highest BCUT2D eigenvalue weighted by molar-refractivity contribution is 6.99. The molecule has 0 fully saturated rings. The van der Waals surface area contributed by atoms with Crippen LogP contribution in [0.2, 0.25) is 5.04 Å². The van der Waals surface area contributed by atoms with Crippen LogP contribution in [0.5, 0.6) is 0 Å². The van der Waals surface area contributed by atoms with Gasteiger partial charge in [-0.2, -0.15) is 0 Å². The second-order valence-electron chi connectivity index (χ2n) is 14.7. The van der Waals surface area contributed by atoms with Gasteiger partial charge in [-0.3, -0.25) is 9.69 Å². The van der Waals surface area contributed by atoms with E-state index in [0.29, 0.717) is 30.7 Å². The number of methoxy groups -OCH3 is 1. The first kappa shape index (κ1) is 39.1. The average Bonchev–Trinajstić information content (AvgIpc) is 3.54. The minimum atomic E-state index is -2.94. The lowest BCUT2D eigenvalue weighted by Crippen LogP contribution is -2.67. The minimum Gasteiger partial charge on any atom is -0.465 e. The Morgan fingerprint density at radius 1 is 0.882 bits per heavy atom. The number of esters is 1. The summed E-state index contributed by atoms with van der Waals surface area (Å²) >= 11 is 0. The molecule has 0 N–H and O–H groups in total. The molecule has 0 aliphatic carbocycles. The van der Waals surface area contributed by atoms with Gasteiger partial charge in [0.2, 0.25) is 0 Å². The van der Waals surface area contributed by atoms with Gasteiger partial charge in [0, 0.05) is 31.3 Å². The van der Waals surface area contributed by atoms with E-state index in [1.807, 2.05) is 87.5 Å². The fourth-order valence-electron chi connectivity index (χ4n) is 6.46. The van der Waals surface area contributed by atoms with Crippen LogP contribution in [0.25, 0.3) is 0 Å². The van der Waals surface area contributed by atoms with Crippen molar-refractivity contribution < 1.29 is 28.3 Å². The van der Waals surface area contributed by atoms with Gasteiger partial charge in [-0.05, 0) is 48.2 Å². The van der Waals surface area contributed by atoms with Crippen molar-refractivity contribution in [2.75, 3.05) is 20.3 Å². The van der Waals surface area contributed by atoms with E-state index in [4.69, 9.17) is 13.9 Å². The Labute approximate surface area is 304 Å². The van der Waals surface area contributed by atoms with Gasteiger partial charge >= 0.3 is 12.1 Å². The number of carbonyl (C=O) groups is 3. The zero-order valence-corrected chi connectivity index (χ0v) is 32.1. The fourth-order valence-corrected chi connectivity index (χ4v) is 11.1. The molecule has 0 spiro atoms. The van der Waals surface area contributed by atoms with Crippen LogP contribution in [0.15, 0.2) is 127 Å². The van der Waals surface area contributed by atoms with Gasteiger partial charge in [-0.25, -0.2) is 9.59 Å². The van der Waals surface area contributed by atoms with Crippen molar-refractivity contribution in [2.45, 2.75) is 77.6 Å². The summed E-state index contributed by atoms with van der Waals surface area (Å²) < 4.78 is 18.0. The summed E-state index contributed by atoms with van der Waals surface area (Å²) in [6.45, 7) is 16.7. The molecule has 0 radical (unpaired) electrons. The molecular formula is C42H52N2O6Si. The van der Waals surface area contributed by atoms with Crippen LogP contribution in [0, 0.1) is 0 Å². The van der Waals surface area contributed by atoms with Crippen LogP contribution in [0.1, 0.15) is 59.9 Å². The third-order valence-corrected chi connectivity index (χ3v) is 13.8. The van der Waals surface area contributed by atoms with E-state index in [9.17, 15) is 14.4 Å². The standard InChI is InChI=1S/C42H52N2O6Si/c1-9-33(39(46)48-8)22-19-27-43(29-32-20-13-10-14-21-32)38(45)34-28-35(44(30-34)40(47)50-41(2,3)4)31-49-51(42(5,6)7,36-23-15-11-16-24-36)37-25-17-12-18-26-37/h9-18,20-26,30,35H,1,19,27-29,31H2,2-8H3/b33-22+/t35-/m1/s1. The summed E-state index contributed by atoms with van der Waals surface area (Å²) in [6, 6.07) is 29.9. The maximum atomic E-state index is 14.4. The van der Waals surface area contributed by atoms with E-state index in [1.165, 1.54) is 18.1 Å². The Morgan fingerprint density at radius 3 is 1.92 bits per heavy atom. The predicted octanol–water partition coefficient (Wildman–Crippen LogP) is 7.16. The van der Waals surface area contributed by atoms with Crippen LogP contribution in [-0.4, -0.2) is 68.0 Å². The summed E-state index contributed by atoms with van der Waals surface area (Å²) in [5.74, 6) is -0.687. The minimum absolute atomic E-state index is 0.197. The number of benzene rings is 3. The van der Waals surface area contributed by atoms with Crippen molar-refractivity contribution in [1.29, 1.82) is 0 Å². The first-order valence-electron chi connectivity index (χ1n) is 17.4. The summed E-state index contributed by atoms with van der Waals surface area (Å²) in [5, 5.41) is 1.98. The van der Waals surface area contributed by atoms with Crippen molar-refractivity contribution in [1.82, 2.24) is 9.80 Å². The second-order valence-corrected chi connectivity index (χ2v) is 19.0. The maximum Gasteiger partial charge on any atom is 0.414 e. The first-order chi connectivity index (χ1) is 24.2. The molecule has 8 nitrogen and oxygen atoms in total. The van der Waals surface area contributed by atoms with Gasteiger partial charge in [0.25, 0.3) is 14.2 Å². The van der Waals surface area contributed by atoms with Crippen molar-refractivity contribution in [3.05, 3.63) is 133 Å². The molecule has 0 unspecified atom stereocenters. The lowest BCUT2D eigenvalue weighted by Gasteiger charge is -2.44. The largest absolute Gasteiger partial charge is 0.465 e. The molecule has 270 valence electrons. The molecule has 4 rings (SSSR count). The van der Waals surface area contributed by atoms with Crippen LogP contribution < -0.4 is 10.4 Å². The number of hydrogen-bond acceptors (Lipinski definition) is 6. The number of ether oxygens (including phenoxy) is 2. The van der Waals surface area contributed by atoms with Crippen molar-refractivity contribution >= 4 is 36.7 Å². The van der Waals surface area contributed by atoms with E-state index in [2.05, 4.69) is 51.6 Å². The number of amides is 2. The lowest BCUT2D eigenvalue weighted by atomic mass is 10.1. The average molecular weight is 709 g/mol. The molecule has 3 aromatic carbocycles. The van der Waals surface area contributed by atoms with Gasteiger partial charge in [0.1, 0.15) is 5.60 Å². The molecule has 51 heavy (non-hydrogen) atoms. The maximum absolute atomic E-state index is 14.4. The molecule has 0 saturated heterocycles. The SMILES string of the molecule is C=C/C(=C\CCN(Cc1ccccc1)C(=O)C1=CN(C(=O)OC(C)(C)C)[C@@H](CO[Si](c2ccccc2)(c2ccccc2)C(C)(C)C)C1)C(=O)OC. The van der Waals surface area contributed by atoms with Crippen molar-refractivity contribution in [3.63, 3.8) is 0 Å². The summed E-state index contributed by atoms with van der Waals surface area (Å²) in [4.78, 5) is 43.6. The topological polar surface area (TPSA) is 85.4 Å². The second kappa shape index (κ2) is 17.0. The smallest absolute Gasteiger partial charge is 0.414 e. The van der Waals surface area contributed by atoms with E-state index in [0.717, 1.165) is 15.9 Å². The molecule has 1 aliphatic rings. The van der Waals surface area contributed by atoms with Gasteiger partial charge < -0.3 is 18.8 Å². The molecule has 3 aromatic rings. The highest BCUT2D eigenvalue weighted by Gasteiger charge is 2.51. The van der Waals surface area contributed by atoms with Crippen LogP contribution in [0.3, 0.4) is 0 Å². The van der Waals surface area contributed by atoms with Crippen molar-refractivity contribution in [3.8, 4) is 0 Å². The third kappa shape index (κ3) is 9.74. The highest BCUT2D eigenvalue weighted by atomic mass is 28.4. The van der Waals surface area contributed by atoms with E-state index < -0.39 is 32.0 Å². The Kier molecular flexibility index (Phi) is 13.0. The number of nitrogens with zero attached hydrogens (tertiary/aromatic N) is 2.